The number of amides is 1. The van der Waals surface area contributed by atoms with Crippen LogP contribution in [-0.2, 0) is 4.57 Å². The fraction of sp³-hybridized carbons (Fsp3) is 0.750. The summed E-state index contributed by atoms with van der Waals surface area (Å²) in [4.78, 5) is 26.9. The van der Waals surface area contributed by atoms with Crippen LogP contribution in [0.4, 0.5) is 4.79 Å². The van der Waals surface area contributed by atoms with Crippen LogP contribution in [0, 0.1) is 0 Å². The Kier molecular flexibility index (Phi) is 4.29. The first-order chi connectivity index (χ1) is 4.98. The van der Waals surface area contributed by atoms with Crippen LogP contribution >= 0.6 is 7.60 Å². The summed E-state index contributed by atoms with van der Waals surface area (Å²) in [5.74, 6) is 0. The molecule has 0 radical (unpaired) electrons. The highest BCUT2D eigenvalue weighted by Crippen LogP contribution is 2.34. The van der Waals surface area contributed by atoms with Crippen molar-refractivity contribution >= 4 is 13.2 Å². The Balaban J connectivity index is 3.63. The highest BCUT2D eigenvalue weighted by molar-refractivity contribution is 7.69. The lowest BCUT2D eigenvalue weighted by molar-refractivity contribution is 0.248. The second-order valence-corrected chi connectivity index (χ2v) is 3.41. The van der Waals surface area contributed by atoms with Gasteiger partial charge in [0.25, 0.3) is 0 Å². The van der Waals surface area contributed by atoms with E-state index in [1.54, 1.807) is 0 Å². The Morgan fingerprint density at radius 3 is 2.45 bits per heavy atom. The van der Waals surface area contributed by atoms with Gasteiger partial charge in [-0.3, -0.25) is 4.79 Å². The van der Waals surface area contributed by atoms with Crippen LogP contribution in [0.15, 0.2) is 0 Å². The van der Waals surface area contributed by atoms with Crippen molar-refractivity contribution in [1.82, 2.24) is 5.32 Å². The van der Waals surface area contributed by atoms with Gasteiger partial charge in [0.2, 0.25) is 0 Å². The maximum Gasteiger partial charge on any atom is 0.413 e. The van der Waals surface area contributed by atoms with Crippen LogP contribution in [0.25, 0.3) is 0 Å². The quantitative estimate of drug-likeness (QED) is 0.336. The average molecular weight is 182 g/mol. The van der Waals surface area contributed by atoms with Crippen LogP contribution in [0.2, 0.25) is 0 Å². The molecule has 0 atom stereocenters. The third-order valence-electron chi connectivity index (χ3n) is 0.922. The minimum absolute atomic E-state index is 0.195. The van der Waals surface area contributed by atoms with Crippen LogP contribution in [0.1, 0.15) is 6.42 Å². The lowest BCUT2D eigenvalue weighted by Gasteiger charge is -2.03. The van der Waals surface area contributed by atoms with Gasteiger partial charge < -0.3 is 20.8 Å². The molecule has 1 amide bonds. The van der Waals surface area contributed by atoms with Gasteiger partial charge in [0.15, 0.2) is 0 Å². The minimum Gasteiger partial charge on any atom is -0.346 e. The van der Waals surface area contributed by atoms with E-state index in [9.17, 15) is 9.36 Å². The summed E-state index contributed by atoms with van der Waals surface area (Å²) >= 11 is 0. The first-order valence-electron chi connectivity index (χ1n) is 3.02. The molecule has 0 spiro atoms. The van der Waals surface area contributed by atoms with Crippen molar-refractivity contribution in [3.63, 3.8) is 0 Å². The largest absolute Gasteiger partial charge is 0.413 e. The molecule has 0 unspecified atom stereocenters. The second kappa shape index (κ2) is 4.46. The molecular formula is C4H11N2O4P. The average Bonchev–Trinajstić information content (AvgIpc) is 1.86. The van der Waals surface area contributed by atoms with Crippen molar-refractivity contribution in [2.45, 2.75) is 6.42 Å². The number of hydrogen-bond donors (Lipinski definition) is 4. The zero-order valence-corrected chi connectivity index (χ0v) is 6.75. The SMILES string of the molecule is NCCCNC(=O)P(=O)(O)O. The Morgan fingerprint density at radius 1 is 1.55 bits per heavy atom. The molecule has 0 aromatic rings. The number of rotatable bonds is 4. The lowest BCUT2D eigenvalue weighted by Crippen LogP contribution is -2.24. The first-order valence-corrected chi connectivity index (χ1v) is 4.63. The molecule has 0 bridgehead atoms. The summed E-state index contributed by atoms with van der Waals surface area (Å²) in [7, 11) is -4.59. The van der Waals surface area contributed by atoms with E-state index in [4.69, 9.17) is 15.5 Å². The zero-order chi connectivity index (χ0) is 8.91. The van der Waals surface area contributed by atoms with Crippen LogP contribution in [0.5, 0.6) is 0 Å². The number of carbonyl (C=O) groups is 1. The fourth-order valence-corrected chi connectivity index (χ4v) is 0.718. The van der Waals surface area contributed by atoms with Gasteiger partial charge in [-0.1, -0.05) is 0 Å². The molecule has 0 rings (SSSR count). The van der Waals surface area contributed by atoms with Crippen molar-refractivity contribution in [3.8, 4) is 0 Å². The van der Waals surface area contributed by atoms with Gasteiger partial charge >= 0.3 is 13.2 Å². The van der Waals surface area contributed by atoms with Gasteiger partial charge in [0.1, 0.15) is 0 Å². The fourth-order valence-electron chi connectivity index (χ4n) is 0.400. The van der Waals surface area contributed by atoms with E-state index >= 15 is 0 Å². The molecule has 0 aliphatic heterocycles. The van der Waals surface area contributed by atoms with Crippen molar-refractivity contribution < 1.29 is 19.1 Å². The Bertz CT molecular complexity index is 177. The van der Waals surface area contributed by atoms with E-state index in [1.807, 2.05) is 5.32 Å². The normalized spacial score (nSPS) is 11.2. The number of nitrogens with one attached hydrogen (secondary N) is 1. The molecule has 0 aromatic heterocycles. The maximum atomic E-state index is 10.4. The molecule has 0 saturated heterocycles. The molecule has 7 heteroatoms. The van der Waals surface area contributed by atoms with Crippen LogP contribution in [-0.4, -0.2) is 28.5 Å². The van der Waals surface area contributed by atoms with Crippen molar-refractivity contribution in [2.24, 2.45) is 5.73 Å². The second-order valence-electron chi connectivity index (χ2n) is 1.92. The van der Waals surface area contributed by atoms with E-state index in [0.717, 1.165) is 0 Å². The smallest absolute Gasteiger partial charge is 0.346 e. The van der Waals surface area contributed by atoms with E-state index in [0.29, 0.717) is 13.0 Å². The molecule has 0 aliphatic carbocycles. The van der Waals surface area contributed by atoms with Gasteiger partial charge in [-0.05, 0) is 13.0 Å². The summed E-state index contributed by atoms with van der Waals surface area (Å²) in [5.41, 5.74) is 3.83. The van der Waals surface area contributed by atoms with Crippen molar-refractivity contribution in [1.29, 1.82) is 0 Å². The first kappa shape index (κ1) is 10.6. The predicted molar refractivity (Wildman–Crippen MR) is 39.1 cm³/mol. The molecule has 0 aromatic carbocycles. The third kappa shape index (κ3) is 4.92. The highest BCUT2D eigenvalue weighted by atomic mass is 31.2. The monoisotopic (exact) mass is 182 g/mol. The standard InChI is InChI=1S/C4H11N2O4P/c5-2-1-3-6-4(7)11(8,9)10/h1-3,5H2,(H,6,7)(H2,8,9,10). The highest BCUT2D eigenvalue weighted by Gasteiger charge is 2.24. The molecule has 66 valence electrons. The maximum absolute atomic E-state index is 10.4. The number of carbonyl (C=O) groups excluding carboxylic acids is 1. The Hall–Kier alpha value is -0.420. The van der Waals surface area contributed by atoms with Crippen LogP contribution < -0.4 is 11.1 Å². The third-order valence-corrected chi connectivity index (χ3v) is 1.61. The number of nitrogens with two attached hydrogens (primary N) is 1. The summed E-state index contributed by atoms with van der Waals surface area (Å²) in [6.45, 7) is 0.571. The molecule has 11 heavy (non-hydrogen) atoms. The van der Waals surface area contributed by atoms with Gasteiger partial charge in [-0.2, -0.15) is 0 Å². The molecule has 0 fully saturated rings. The Morgan fingerprint density at radius 2 is 2.09 bits per heavy atom. The summed E-state index contributed by atoms with van der Waals surface area (Å²) in [5, 5.41) is 2.04. The minimum atomic E-state index is -4.59. The molecular weight excluding hydrogens is 171 g/mol. The van der Waals surface area contributed by atoms with Crippen LogP contribution in [0.3, 0.4) is 0 Å². The summed E-state index contributed by atoms with van der Waals surface area (Å²) < 4.78 is 10.2. The van der Waals surface area contributed by atoms with E-state index < -0.39 is 13.2 Å². The molecule has 5 N–H and O–H groups in total. The van der Waals surface area contributed by atoms with Gasteiger partial charge in [0.05, 0.1) is 0 Å². The summed E-state index contributed by atoms with van der Waals surface area (Å²) in [6, 6.07) is 0. The van der Waals surface area contributed by atoms with Gasteiger partial charge in [-0.25, -0.2) is 4.57 Å². The molecule has 0 aliphatic rings. The predicted octanol–water partition coefficient (Wildman–Crippen LogP) is -0.778. The Labute approximate surface area is 63.9 Å². The summed E-state index contributed by atoms with van der Waals surface area (Å²) in [6.07, 6.45) is 0.506. The van der Waals surface area contributed by atoms with Crippen molar-refractivity contribution in [3.05, 3.63) is 0 Å². The zero-order valence-electron chi connectivity index (χ0n) is 5.86. The molecule has 0 heterocycles. The van der Waals surface area contributed by atoms with E-state index in [2.05, 4.69) is 0 Å². The van der Waals surface area contributed by atoms with Gasteiger partial charge in [-0.15, -0.1) is 0 Å². The molecule has 0 saturated carbocycles. The van der Waals surface area contributed by atoms with E-state index in [-0.39, 0.29) is 6.54 Å². The van der Waals surface area contributed by atoms with Crippen molar-refractivity contribution in [2.75, 3.05) is 13.1 Å². The topological polar surface area (TPSA) is 113 Å². The lowest BCUT2D eigenvalue weighted by atomic mass is 10.4. The number of hydrogen-bond acceptors (Lipinski definition) is 3. The molecule has 6 nitrogen and oxygen atoms in total. The van der Waals surface area contributed by atoms with E-state index in [1.165, 1.54) is 0 Å². The van der Waals surface area contributed by atoms with Gasteiger partial charge in [0, 0.05) is 6.54 Å².